The van der Waals surface area contributed by atoms with E-state index in [2.05, 4.69) is 5.32 Å². The van der Waals surface area contributed by atoms with Crippen molar-refractivity contribution < 1.29 is 31.5 Å². The molecule has 0 saturated carbocycles. The van der Waals surface area contributed by atoms with Gasteiger partial charge in [0.25, 0.3) is 0 Å². The smallest absolute Gasteiger partial charge is 0.243 e. The molecule has 9 nitrogen and oxygen atoms in total. The minimum atomic E-state index is -4.25. The van der Waals surface area contributed by atoms with Gasteiger partial charge in [-0.3, -0.25) is 4.79 Å². The predicted molar refractivity (Wildman–Crippen MR) is 115 cm³/mol. The molecule has 1 aliphatic heterocycles. The van der Waals surface area contributed by atoms with Crippen LogP contribution in [0.4, 0.5) is 5.69 Å². The van der Waals surface area contributed by atoms with Gasteiger partial charge in [0, 0.05) is 13.5 Å². The number of hydrogen-bond donors (Lipinski definition) is 2. The lowest BCUT2D eigenvalue weighted by molar-refractivity contribution is -0.114. The summed E-state index contributed by atoms with van der Waals surface area (Å²) in [5, 5.41) is 12.9. The van der Waals surface area contributed by atoms with Crippen LogP contribution < -0.4 is 10.1 Å². The first-order valence-electron chi connectivity index (χ1n) is 9.43. The van der Waals surface area contributed by atoms with E-state index < -0.39 is 49.4 Å². The highest BCUT2D eigenvalue weighted by atomic mass is 32.2. The number of sulfonamides is 1. The summed E-state index contributed by atoms with van der Waals surface area (Å²) in [6, 6.07) is 11.5. The van der Waals surface area contributed by atoms with Crippen molar-refractivity contribution in [1.82, 2.24) is 4.31 Å². The SMILES string of the molecule is COc1ccc(S(=O)(=O)N(Cc2ccccc2)[C@H]2CS(=O)(=O)C[C@@H]2O)cc1NC(C)=O. The van der Waals surface area contributed by atoms with E-state index in [9.17, 15) is 26.7 Å². The monoisotopic (exact) mass is 468 g/mol. The number of hydrogen-bond acceptors (Lipinski definition) is 7. The summed E-state index contributed by atoms with van der Waals surface area (Å²) in [5.74, 6) is -1.12. The number of ether oxygens (including phenoxy) is 1. The Hall–Kier alpha value is -2.47. The lowest BCUT2D eigenvalue weighted by Crippen LogP contribution is -2.46. The molecule has 168 valence electrons. The number of carbonyl (C=O) groups is 1. The van der Waals surface area contributed by atoms with Crippen molar-refractivity contribution in [2.45, 2.75) is 30.5 Å². The maximum atomic E-state index is 13.6. The minimum Gasteiger partial charge on any atom is -0.495 e. The van der Waals surface area contributed by atoms with E-state index in [0.717, 1.165) is 4.31 Å². The van der Waals surface area contributed by atoms with Crippen molar-refractivity contribution in [3.63, 3.8) is 0 Å². The summed E-state index contributed by atoms with van der Waals surface area (Å²) in [6.07, 6.45) is -1.35. The first-order chi connectivity index (χ1) is 14.5. The highest BCUT2D eigenvalue weighted by Gasteiger charge is 2.44. The number of benzene rings is 2. The Morgan fingerprint density at radius 2 is 1.87 bits per heavy atom. The number of anilines is 1. The van der Waals surface area contributed by atoms with Crippen LogP contribution in [0.2, 0.25) is 0 Å². The van der Waals surface area contributed by atoms with Gasteiger partial charge in [-0.1, -0.05) is 30.3 Å². The summed E-state index contributed by atoms with van der Waals surface area (Å²) in [4.78, 5) is 11.4. The third-order valence-corrected chi connectivity index (χ3v) is 8.50. The number of aliphatic hydroxyl groups excluding tert-OH is 1. The summed E-state index contributed by atoms with van der Waals surface area (Å²) in [5.41, 5.74) is 0.800. The molecule has 2 aromatic rings. The van der Waals surface area contributed by atoms with Gasteiger partial charge in [0.1, 0.15) is 5.75 Å². The number of amides is 1. The van der Waals surface area contributed by atoms with E-state index in [4.69, 9.17) is 4.74 Å². The Bertz CT molecular complexity index is 1170. The molecule has 0 radical (unpaired) electrons. The maximum Gasteiger partial charge on any atom is 0.243 e. The lowest BCUT2D eigenvalue weighted by atomic mass is 10.2. The van der Waals surface area contributed by atoms with Crippen LogP contribution in [0.15, 0.2) is 53.4 Å². The lowest BCUT2D eigenvalue weighted by Gasteiger charge is -2.29. The Labute approximate surface area is 181 Å². The van der Waals surface area contributed by atoms with Crippen molar-refractivity contribution >= 4 is 31.5 Å². The fourth-order valence-corrected chi connectivity index (χ4v) is 7.06. The first kappa shape index (κ1) is 23.2. The Kier molecular flexibility index (Phi) is 6.70. The largest absolute Gasteiger partial charge is 0.495 e. The molecule has 1 fully saturated rings. The van der Waals surface area contributed by atoms with Crippen LogP contribution in [0.5, 0.6) is 5.75 Å². The second-order valence-electron chi connectivity index (χ2n) is 7.29. The summed E-state index contributed by atoms with van der Waals surface area (Å²) in [7, 11) is -6.45. The summed E-state index contributed by atoms with van der Waals surface area (Å²) in [6.45, 7) is 1.16. The van der Waals surface area contributed by atoms with Crippen LogP contribution >= 0.6 is 0 Å². The molecule has 0 aromatic heterocycles. The van der Waals surface area contributed by atoms with Crippen LogP contribution in [-0.2, 0) is 31.2 Å². The number of nitrogens with zero attached hydrogens (tertiary/aromatic N) is 1. The van der Waals surface area contributed by atoms with Gasteiger partial charge in [-0.15, -0.1) is 0 Å². The fraction of sp³-hybridized carbons (Fsp3) is 0.350. The highest BCUT2D eigenvalue weighted by molar-refractivity contribution is 7.92. The molecule has 2 atom stereocenters. The Balaban J connectivity index is 2.08. The van der Waals surface area contributed by atoms with Gasteiger partial charge in [0.05, 0.1) is 41.3 Å². The van der Waals surface area contributed by atoms with Gasteiger partial charge in [0.2, 0.25) is 15.9 Å². The Morgan fingerprint density at radius 3 is 2.42 bits per heavy atom. The van der Waals surface area contributed by atoms with E-state index in [1.165, 1.54) is 32.2 Å². The van der Waals surface area contributed by atoms with Gasteiger partial charge < -0.3 is 15.2 Å². The normalized spacial score (nSPS) is 20.5. The third-order valence-electron chi connectivity index (χ3n) is 4.93. The van der Waals surface area contributed by atoms with Crippen LogP contribution in [0, 0.1) is 0 Å². The molecule has 2 aromatic carbocycles. The molecule has 0 bridgehead atoms. The van der Waals surface area contributed by atoms with Crippen molar-refractivity contribution in [2.24, 2.45) is 0 Å². The second-order valence-corrected chi connectivity index (χ2v) is 11.3. The number of methoxy groups -OCH3 is 1. The molecule has 3 rings (SSSR count). The van der Waals surface area contributed by atoms with Crippen LogP contribution in [0.3, 0.4) is 0 Å². The molecular weight excluding hydrogens is 444 g/mol. The average molecular weight is 469 g/mol. The van der Waals surface area contributed by atoms with Crippen LogP contribution in [-0.4, -0.2) is 62.9 Å². The standard InChI is InChI=1S/C20H24N2O7S2/c1-14(23)21-17-10-16(8-9-20(17)29-2)31(27,28)22(11-15-6-4-3-5-7-15)18-12-30(25,26)13-19(18)24/h3-10,18-19,24H,11-13H2,1-2H3,(H,21,23)/t18-,19-/m0/s1. The van der Waals surface area contributed by atoms with Crippen molar-refractivity contribution in [3.8, 4) is 5.75 Å². The molecule has 0 aliphatic carbocycles. The van der Waals surface area contributed by atoms with Gasteiger partial charge in [-0.05, 0) is 23.8 Å². The summed E-state index contributed by atoms with van der Waals surface area (Å²) < 4.78 is 57.5. The number of nitrogens with one attached hydrogen (secondary N) is 1. The minimum absolute atomic E-state index is 0.123. The van der Waals surface area contributed by atoms with E-state index in [-0.39, 0.29) is 22.9 Å². The van der Waals surface area contributed by atoms with E-state index in [0.29, 0.717) is 5.56 Å². The maximum absolute atomic E-state index is 13.6. The molecule has 31 heavy (non-hydrogen) atoms. The van der Waals surface area contributed by atoms with Crippen LogP contribution in [0.25, 0.3) is 0 Å². The topological polar surface area (TPSA) is 130 Å². The average Bonchev–Trinajstić information content (AvgIpc) is 2.98. The molecule has 0 spiro atoms. The molecule has 11 heteroatoms. The number of carbonyl (C=O) groups excluding carboxylic acids is 1. The summed E-state index contributed by atoms with van der Waals surface area (Å²) >= 11 is 0. The van der Waals surface area contributed by atoms with Gasteiger partial charge in [-0.2, -0.15) is 4.31 Å². The first-order valence-corrected chi connectivity index (χ1v) is 12.7. The number of aliphatic hydroxyl groups is 1. The number of sulfone groups is 1. The quantitative estimate of drug-likeness (QED) is 0.620. The fourth-order valence-electron chi connectivity index (χ4n) is 3.50. The van der Waals surface area contributed by atoms with E-state index >= 15 is 0 Å². The third kappa shape index (κ3) is 5.24. The molecule has 0 unspecified atom stereocenters. The van der Waals surface area contributed by atoms with Crippen molar-refractivity contribution in [1.29, 1.82) is 0 Å². The Morgan fingerprint density at radius 1 is 1.19 bits per heavy atom. The van der Waals surface area contributed by atoms with Gasteiger partial charge >= 0.3 is 0 Å². The highest BCUT2D eigenvalue weighted by Crippen LogP contribution is 2.32. The van der Waals surface area contributed by atoms with E-state index in [1.807, 2.05) is 0 Å². The zero-order chi connectivity index (χ0) is 22.8. The number of rotatable bonds is 7. The molecule has 1 saturated heterocycles. The molecule has 1 heterocycles. The molecular formula is C20H24N2O7S2. The molecule has 2 N–H and O–H groups in total. The molecule has 1 aliphatic rings. The molecule has 1 amide bonds. The zero-order valence-corrected chi connectivity index (χ0v) is 18.7. The van der Waals surface area contributed by atoms with Gasteiger partial charge in [0.15, 0.2) is 9.84 Å². The zero-order valence-electron chi connectivity index (χ0n) is 17.1. The second kappa shape index (κ2) is 8.95. The predicted octanol–water partition coefficient (Wildman–Crippen LogP) is 1.00. The van der Waals surface area contributed by atoms with Crippen molar-refractivity contribution in [2.75, 3.05) is 23.9 Å². The van der Waals surface area contributed by atoms with Crippen molar-refractivity contribution in [3.05, 3.63) is 54.1 Å². The van der Waals surface area contributed by atoms with Gasteiger partial charge in [-0.25, -0.2) is 16.8 Å². The van der Waals surface area contributed by atoms with E-state index in [1.54, 1.807) is 30.3 Å². The van der Waals surface area contributed by atoms with Crippen LogP contribution in [0.1, 0.15) is 12.5 Å².